The van der Waals surface area contributed by atoms with E-state index in [-0.39, 0.29) is 6.04 Å². The Morgan fingerprint density at radius 2 is 2.15 bits per heavy atom. The number of hydrogen-bond acceptors (Lipinski definition) is 3. The van der Waals surface area contributed by atoms with E-state index in [4.69, 9.17) is 9.84 Å². The van der Waals surface area contributed by atoms with E-state index in [2.05, 4.69) is 6.92 Å². The first-order chi connectivity index (χ1) is 9.70. The third kappa shape index (κ3) is 3.97. The van der Waals surface area contributed by atoms with Crippen molar-refractivity contribution >= 4 is 5.97 Å². The zero-order valence-corrected chi connectivity index (χ0v) is 12.0. The van der Waals surface area contributed by atoms with Gasteiger partial charge in [-0.05, 0) is 43.5 Å². The Morgan fingerprint density at radius 1 is 1.40 bits per heavy atom. The summed E-state index contributed by atoms with van der Waals surface area (Å²) in [7, 11) is 0. The van der Waals surface area contributed by atoms with Gasteiger partial charge in [0.25, 0.3) is 0 Å². The molecule has 1 aliphatic rings. The lowest BCUT2D eigenvalue weighted by Gasteiger charge is -2.21. The number of nitrogens with zero attached hydrogens (tertiary/aromatic N) is 1. The second-order valence-corrected chi connectivity index (χ2v) is 5.31. The molecule has 0 radical (unpaired) electrons. The standard InChI is InChI=1S/C16H23NO3/c1-2-3-11-20-14-8-6-13(7-9-14)12-17-10-4-5-15(17)16(18)19/h6-9,15H,2-5,10-12H2,1H3,(H,18,19)/t15-/m0/s1. The summed E-state index contributed by atoms with van der Waals surface area (Å²) < 4.78 is 5.62. The molecule has 0 bridgehead atoms. The highest BCUT2D eigenvalue weighted by atomic mass is 16.5. The average molecular weight is 277 g/mol. The number of ether oxygens (including phenoxy) is 1. The summed E-state index contributed by atoms with van der Waals surface area (Å²) in [6.45, 7) is 4.46. The van der Waals surface area contributed by atoms with Crippen molar-refractivity contribution in [2.24, 2.45) is 0 Å². The normalized spacial score (nSPS) is 19.1. The van der Waals surface area contributed by atoms with Crippen LogP contribution in [0.5, 0.6) is 5.75 Å². The summed E-state index contributed by atoms with van der Waals surface area (Å²) in [6, 6.07) is 7.67. The van der Waals surface area contributed by atoms with Gasteiger partial charge in [0, 0.05) is 6.54 Å². The molecule has 0 amide bonds. The lowest BCUT2D eigenvalue weighted by Crippen LogP contribution is -2.35. The monoisotopic (exact) mass is 277 g/mol. The van der Waals surface area contributed by atoms with E-state index >= 15 is 0 Å². The zero-order chi connectivity index (χ0) is 14.4. The third-order valence-corrected chi connectivity index (χ3v) is 3.72. The van der Waals surface area contributed by atoms with Crippen LogP contribution in [0.2, 0.25) is 0 Å². The molecule has 0 aromatic heterocycles. The molecule has 2 rings (SSSR count). The SMILES string of the molecule is CCCCOc1ccc(CN2CCC[C@H]2C(=O)O)cc1. The van der Waals surface area contributed by atoms with Crippen LogP contribution in [-0.4, -0.2) is 35.2 Å². The van der Waals surface area contributed by atoms with E-state index in [1.165, 1.54) is 0 Å². The second-order valence-electron chi connectivity index (χ2n) is 5.31. The number of aliphatic carboxylic acids is 1. The molecular weight excluding hydrogens is 254 g/mol. The van der Waals surface area contributed by atoms with Gasteiger partial charge in [0.15, 0.2) is 0 Å². The Kier molecular flexibility index (Phi) is 5.41. The molecule has 1 aromatic rings. The molecule has 1 aliphatic heterocycles. The number of unbranched alkanes of at least 4 members (excludes halogenated alkanes) is 1. The minimum Gasteiger partial charge on any atom is -0.494 e. The van der Waals surface area contributed by atoms with Crippen LogP contribution >= 0.6 is 0 Å². The fourth-order valence-corrected chi connectivity index (χ4v) is 2.56. The van der Waals surface area contributed by atoms with Gasteiger partial charge in [-0.1, -0.05) is 25.5 Å². The van der Waals surface area contributed by atoms with Crippen LogP contribution in [0, 0.1) is 0 Å². The molecule has 110 valence electrons. The minimum atomic E-state index is -0.706. The summed E-state index contributed by atoms with van der Waals surface area (Å²) >= 11 is 0. The molecule has 0 spiro atoms. The average Bonchev–Trinajstić information content (AvgIpc) is 2.89. The first-order valence-corrected chi connectivity index (χ1v) is 7.39. The Labute approximate surface area is 120 Å². The molecule has 1 heterocycles. The van der Waals surface area contributed by atoms with Crippen LogP contribution in [0.3, 0.4) is 0 Å². The van der Waals surface area contributed by atoms with Gasteiger partial charge in [-0.3, -0.25) is 9.69 Å². The van der Waals surface area contributed by atoms with Crippen LogP contribution < -0.4 is 4.74 Å². The fraction of sp³-hybridized carbons (Fsp3) is 0.562. The van der Waals surface area contributed by atoms with Gasteiger partial charge >= 0.3 is 5.97 Å². The summed E-state index contributed by atoms with van der Waals surface area (Å²) in [5, 5.41) is 9.16. The van der Waals surface area contributed by atoms with Crippen LogP contribution in [-0.2, 0) is 11.3 Å². The molecule has 1 N–H and O–H groups in total. The van der Waals surface area contributed by atoms with Crippen LogP contribution in [0.4, 0.5) is 0 Å². The highest BCUT2D eigenvalue weighted by Crippen LogP contribution is 2.21. The van der Waals surface area contributed by atoms with Gasteiger partial charge in [0.05, 0.1) is 6.61 Å². The predicted molar refractivity (Wildman–Crippen MR) is 77.9 cm³/mol. The number of rotatable bonds is 7. The maximum atomic E-state index is 11.1. The van der Waals surface area contributed by atoms with Crippen molar-refractivity contribution in [1.82, 2.24) is 4.90 Å². The number of carbonyl (C=O) groups is 1. The Hall–Kier alpha value is -1.55. The quantitative estimate of drug-likeness (QED) is 0.779. The molecule has 4 heteroatoms. The van der Waals surface area contributed by atoms with E-state index in [1.54, 1.807) is 0 Å². The van der Waals surface area contributed by atoms with E-state index < -0.39 is 5.97 Å². The van der Waals surface area contributed by atoms with Crippen molar-refractivity contribution in [3.05, 3.63) is 29.8 Å². The summed E-state index contributed by atoms with van der Waals surface area (Å²) in [6.07, 6.45) is 3.92. The van der Waals surface area contributed by atoms with E-state index in [9.17, 15) is 4.79 Å². The predicted octanol–water partition coefficient (Wildman–Crippen LogP) is 2.91. The molecule has 1 atom stereocenters. The number of likely N-dealkylation sites (tertiary alicyclic amines) is 1. The summed E-state index contributed by atoms with van der Waals surface area (Å²) in [5.41, 5.74) is 1.14. The third-order valence-electron chi connectivity index (χ3n) is 3.72. The Morgan fingerprint density at radius 3 is 2.80 bits per heavy atom. The smallest absolute Gasteiger partial charge is 0.320 e. The van der Waals surface area contributed by atoms with Crippen molar-refractivity contribution in [3.8, 4) is 5.75 Å². The lowest BCUT2D eigenvalue weighted by molar-refractivity contribution is -0.142. The molecule has 0 aliphatic carbocycles. The van der Waals surface area contributed by atoms with E-state index in [1.807, 2.05) is 29.2 Å². The van der Waals surface area contributed by atoms with E-state index in [0.717, 1.165) is 50.1 Å². The number of benzene rings is 1. The van der Waals surface area contributed by atoms with Crippen molar-refractivity contribution in [1.29, 1.82) is 0 Å². The lowest BCUT2D eigenvalue weighted by atomic mass is 10.2. The van der Waals surface area contributed by atoms with Gasteiger partial charge in [0.2, 0.25) is 0 Å². The fourth-order valence-electron chi connectivity index (χ4n) is 2.56. The largest absolute Gasteiger partial charge is 0.494 e. The van der Waals surface area contributed by atoms with Crippen LogP contribution in [0.25, 0.3) is 0 Å². The molecule has 0 saturated carbocycles. The molecule has 1 fully saturated rings. The summed E-state index contributed by atoms with van der Waals surface area (Å²) in [5.74, 6) is 0.181. The first kappa shape index (κ1) is 14.9. The van der Waals surface area contributed by atoms with Gasteiger partial charge < -0.3 is 9.84 Å². The molecule has 1 aromatic carbocycles. The highest BCUT2D eigenvalue weighted by Gasteiger charge is 2.30. The van der Waals surface area contributed by atoms with Crippen LogP contribution in [0.1, 0.15) is 38.2 Å². The minimum absolute atomic E-state index is 0.324. The van der Waals surface area contributed by atoms with Gasteiger partial charge in [-0.15, -0.1) is 0 Å². The summed E-state index contributed by atoms with van der Waals surface area (Å²) in [4.78, 5) is 13.2. The van der Waals surface area contributed by atoms with Gasteiger partial charge in [-0.25, -0.2) is 0 Å². The molecule has 4 nitrogen and oxygen atoms in total. The Balaban J connectivity index is 1.88. The number of carboxylic acids is 1. The topological polar surface area (TPSA) is 49.8 Å². The molecule has 0 unspecified atom stereocenters. The molecule has 1 saturated heterocycles. The second kappa shape index (κ2) is 7.29. The number of hydrogen-bond donors (Lipinski definition) is 1. The maximum Gasteiger partial charge on any atom is 0.320 e. The van der Waals surface area contributed by atoms with Crippen molar-refractivity contribution < 1.29 is 14.6 Å². The highest BCUT2D eigenvalue weighted by molar-refractivity contribution is 5.73. The van der Waals surface area contributed by atoms with Gasteiger partial charge in [-0.2, -0.15) is 0 Å². The first-order valence-electron chi connectivity index (χ1n) is 7.39. The maximum absolute atomic E-state index is 11.1. The molecular formula is C16H23NO3. The Bertz CT molecular complexity index is 430. The van der Waals surface area contributed by atoms with Crippen LogP contribution in [0.15, 0.2) is 24.3 Å². The van der Waals surface area contributed by atoms with Crippen molar-refractivity contribution in [2.45, 2.75) is 45.2 Å². The zero-order valence-electron chi connectivity index (χ0n) is 12.0. The van der Waals surface area contributed by atoms with Crippen molar-refractivity contribution in [3.63, 3.8) is 0 Å². The van der Waals surface area contributed by atoms with Crippen molar-refractivity contribution in [2.75, 3.05) is 13.2 Å². The van der Waals surface area contributed by atoms with Gasteiger partial charge in [0.1, 0.15) is 11.8 Å². The number of carboxylic acid groups (broad SMARTS) is 1. The van der Waals surface area contributed by atoms with E-state index in [0.29, 0.717) is 6.54 Å². The molecule has 20 heavy (non-hydrogen) atoms.